The van der Waals surface area contributed by atoms with Gasteiger partial charge in [0.05, 0.1) is 117 Å². The fourth-order valence-electron chi connectivity index (χ4n) is 5.88. The van der Waals surface area contributed by atoms with Crippen LogP contribution in [-0.4, -0.2) is 63.5 Å². The van der Waals surface area contributed by atoms with Gasteiger partial charge in [0, 0.05) is 0 Å². The second-order valence-electron chi connectivity index (χ2n) is 12.0. The third kappa shape index (κ3) is 10.6. The van der Waals surface area contributed by atoms with E-state index >= 15 is 0 Å². The average Bonchev–Trinajstić information content (AvgIpc) is 4.10. The molecular weight excluding hydrogens is 1100 g/mol. The summed E-state index contributed by atoms with van der Waals surface area (Å²) in [5.41, 5.74) is 0. The quantitative estimate of drug-likeness (QED) is 0.132. The summed E-state index contributed by atoms with van der Waals surface area (Å²) in [6.45, 7) is 8.74. The van der Waals surface area contributed by atoms with E-state index in [4.69, 9.17) is 37.0 Å². The molecule has 0 aromatic carbocycles. The molecule has 0 saturated heterocycles. The zero-order valence-electron chi connectivity index (χ0n) is 34.0. The summed E-state index contributed by atoms with van der Waals surface area (Å²) < 4.78 is 84.1. The van der Waals surface area contributed by atoms with Crippen molar-refractivity contribution in [3.63, 3.8) is 0 Å². The third-order valence-electron chi connectivity index (χ3n) is 8.19. The van der Waals surface area contributed by atoms with Gasteiger partial charge in [0.25, 0.3) is 0 Å². The molecule has 0 unspecified atom stereocenters. The lowest BCUT2D eigenvalue weighted by Crippen LogP contribution is -2.04. The predicted molar refractivity (Wildman–Crippen MR) is 288 cm³/mol. The molecule has 6 aliphatic heterocycles. The van der Waals surface area contributed by atoms with Crippen LogP contribution >= 0.6 is 179 Å². The Morgan fingerprint density at radius 1 is 0.403 bits per heavy atom. The number of rotatable bonds is 18. The van der Waals surface area contributed by atoms with Crippen LogP contribution in [0.2, 0.25) is 0 Å². The second kappa shape index (κ2) is 21.9. The van der Waals surface area contributed by atoms with E-state index in [-0.39, 0.29) is 8.65 Å². The minimum Gasteiger partial charge on any atom is -0.491 e. The lowest BCUT2D eigenvalue weighted by atomic mass is 10.3. The molecule has 0 spiro atoms. The van der Waals surface area contributed by atoms with Crippen LogP contribution in [0.5, 0.6) is 23.0 Å². The van der Waals surface area contributed by atoms with Gasteiger partial charge in [0.1, 0.15) is 0 Å². The molecule has 6 aliphatic rings. The van der Waals surface area contributed by atoms with E-state index in [9.17, 15) is 9.13 Å². The molecule has 10 nitrogen and oxygen atoms in total. The number of thiophene rings is 2. The molecule has 0 radical (unpaired) electrons. The van der Waals surface area contributed by atoms with E-state index in [1.54, 1.807) is 192 Å². The van der Waals surface area contributed by atoms with Crippen LogP contribution in [0.25, 0.3) is 24.3 Å². The van der Waals surface area contributed by atoms with Crippen molar-refractivity contribution in [3.8, 4) is 23.0 Å². The smallest absolute Gasteiger partial charge is 0.354 e. The Balaban J connectivity index is 0.915. The number of hydrogen-bond acceptors (Lipinski definition) is 24. The van der Waals surface area contributed by atoms with Gasteiger partial charge < -0.3 is 37.0 Å². The minimum atomic E-state index is -3.23. The maximum Gasteiger partial charge on any atom is 0.354 e. The Morgan fingerprint density at radius 3 is 0.839 bits per heavy atom. The second-order valence-corrected chi connectivity index (χ2v) is 35.9. The summed E-state index contributed by atoms with van der Waals surface area (Å²) in [6, 6.07) is 0. The molecule has 8 heterocycles. The van der Waals surface area contributed by atoms with Crippen molar-refractivity contribution in [2.24, 2.45) is 0 Å². The zero-order chi connectivity index (χ0) is 43.8. The van der Waals surface area contributed by atoms with Crippen LogP contribution in [0.3, 0.4) is 0 Å². The number of hydrogen-bond donors (Lipinski definition) is 0. The lowest BCUT2D eigenvalue weighted by molar-refractivity contribution is 0.221. The normalized spacial score (nSPS) is 19.4. The largest absolute Gasteiger partial charge is 0.491 e. The molecular formula is C36H38O10P2S14. The lowest BCUT2D eigenvalue weighted by Gasteiger charge is -2.22. The van der Waals surface area contributed by atoms with Gasteiger partial charge in [-0.05, 0) is 52.0 Å². The first-order valence-electron chi connectivity index (χ1n) is 18.4. The fourth-order valence-corrected chi connectivity index (χ4v) is 34.9. The van der Waals surface area contributed by atoms with Crippen molar-refractivity contribution in [2.45, 2.75) is 36.3 Å². The SMILES string of the molecule is CCOP(=O)(OCC)C1SC2=C(SC(=Cc3sc(C=C4SC5=C(S4)SC(=Cc4sc(C=C6SC7=C(S6)SC(P(=O)(OCC)OCC)S7)c(OC)c4OC)S5)c(OC)c3OC)S2)S1. The highest BCUT2D eigenvalue weighted by Crippen LogP contribution is 2.76. The van der Waals surface area contributed by atoms with Crippen molar-refractivity contribution in [1.82, 2.24) is 0 Å². The van der Waals surface area contributed by atoms with Gasteiger partial charge in [-0.3, -0.25) is 9.13 Å². The standard InChI is InChI=1S/C36H38O10P2S14/c1-9-43-47(37,44-10-2)35-59-31-32(60-35)56-23(55-31)15-19-27(41-7)25(39-5)17(49-19)13-21-51-29-30(52-21)54-22(53-29)14-18-26(40-6)28(42-8)20(50-18)16-24-57-33-34(58-24)62-36(61-33)48(38,45-11-3)46-12-4/h13-16,35-36H,9-12H2,1-8H3. The fraction of sp³-hybridized carbons (Fsp3) is 0.389. The maximum absolute atomic E-state index is 13.4. The monoisotopic (exact) mass is 1140 g/mol. The molecule has 0 N–H and O–H groups in total. The highest BCUT2D eigenvalue weighted by atomic mass is 32.3. The molecule has 0 aliphatic carbocycles. The average molecular weight is 1140 g/mol. The number of ether oxygens (including phenoxy) is 4. The van der Waals surface area contributed by atoms with Crippen molar-refractivity contribution >= 4 is 203 Å². The van der Waals surface area contributed by atoms with E-state index in [1.807, 2.05) is 27.7 Å². The first-order valence-corrected chi connectivity index (χ1v) is 33.4. The van der Waals surface area contributed by atoms with Gasteiger partial charge in [-0.1, -0.05) is 141 Å². The summed E-state index contributed by atoms with van der Waals surface area (Å²) >= 11 is 23.4. The molecule has 0 bridgehead atoms. The Morgan fingerprint density at radius 2 is 0.629 bits per heavy atom. The highest BCUT2D eigenvalue weighted by molar-refractivity contribution is 8.49. The summed E-state index contributed by atoms with van der Waals surface area (Å²) in [7, 11) is 0.257. The van der Waals surface area contributed by atoms with Crippen molar-refractivity contribution in [3.05, 3.63) is 61.9 Å². The van der Waals surface area contributed by atoms with Gasteiger partial charge in [-0.2, -0.15) is 0 Å². The summed E-state index contributed by atoms with van der Waals surface area (Å²) in [5.74, 6) is 2.85. The Hall–Kier alpha value is 1.28. The zero-order valence-corrected chi connectivity index (χ0v) is 47.2. The topological polar surface area (TPSA) is 108 Å². The minimum absolute atomic E-state index is 0.299. The van der Waals surface area contributed by atoms with Crippen LogP contribution in [-0.2, 0) is 27.2 Å². The summed E-state index contributed by atoms with van der Waals surface area (Å²) in [6.07, 6.45) is 8.70. The van der Waals surface area contributed by atoms with Crippen LogP contribution < -0.4 is 18.9 Å². The third-order valence-corrected chi connectivity index (χ3v) is 34.2. The van der Waals surface area contributed by atoms with Crippen LogP contribution in [0.4, 0.5) is 0 Å². The van der Waals surface area contributed by atoms with E-state index in [1.165, 1.54) is 16.9 Å². The van der Waals surface area contributed by atoms with Crippen LogP contribution in [0, 0.1) is 0 Å². The molecule has 0 amide bonds. The van der Waals surface area contributed by atoms with Gasteiger partial charge in [-0.15, -0.1) is 22.7 Å². The van der Waals surface area contributed by atoms with E-state index in [0.717, 1.165) is 44.9 Å². The Labute approximate surface area is 420 Å². The van der Waals surface area contributed by atoms with Gasteiger partial charge in [0.15, 0.2) is 31.6 Å². The molecule has 0 fully saturated rings. The molecule has 0 saturated carbocycles. The van der Waals surface area contributed by atoms with E-state index in [0.29, 0.717) is 49.4 Å². The molecule has 336 valence electrons. The Bertz CT molecular complexity index is 2190. The molecule has 26 heteroatoms. The Kier molecular flexibility index (Phi) is 17.6. The molecule has 0 atom stereocenters. The van der Waals surface area contributed by atoms with Gasteiger partial charge in [0.2, 0.25) is 0 Å². The first-order chi connectivity index (χ1) is 30.0. The van der Waals surface area contributed by atoms with E-state index < -0.39 is 15.2 Å². The van der Waals surface area contributed by atoms with Crippen molar-refractivity contribution in [1.29, 1.82) is 0 Å². The molecule has 2 aromatic heterocycles. The molecule has 8 rings (SSSR count). The highest BCUT2D eigenvalue weighted by Gasteiger charge is 2.47. The van der Waals surface area contributed by atoms with Crippen LogP contribution in [0.1, 0.15) is 47.2 Å². The van der Waals surface area contributed by atoms with Gasteiger partial charge in [-0.25, -0.2) is 0 Å². The van der Waals surface area contributed by atoms with Crippen LogP contribution in [0.15, 0.2) is 42.4 Å². The maximum atomic E-state index is 13.4. The van der Waals surface area contributed by atoms with Gasteiger partial charge >= 0.3 is 15.2 Å². The first kappa shape index (κ1) is 49.7. The molecule has 62 heavy (non-hydrogen) atoms. The number of methoxy groups -OCH3 is 4. The number of thioether (sulfide) groups is 12. The summed E-state index contributed by atoms with van der Waals surface area (Å²) in [4.78, 5) is 3.95. The predicted octanol–water partition coefficient (Wildman–Crippen LogP) is 17.1. The summed E-state index contributed by atoms with van der Waals surface area (Å²) in [5, 5.41) is 0. The molecule has 2 aromatic rings. The van der Waals surface area contributed by atoms with Crippen molar-refractivity contribution in [2.75, 3.05) is 54.9 Å². The van der Waals surface area contributed by atoms with E-state index in [2.05, 4.69) is 24.3 Å². The van der Waals surface area contributed by atoms with Crippen molar-refractivity contribution < 1.29 is 46.2 Å².